The fourth-order valence-electron chi connectivity index (χ4n) is 3.31. The predicted octanol–water partition coefficient (Wildman–Crippen LogP) is 5.54. The van der Waals surface area contributed by atoms with Crippen LogP contribution < -0.4 is 14.8 Å². The van der Waals surface area contributed by atoms with Gasteiger partial charge in [0.15, 0.2) is 0 Å². The van der Waals surface area contributed by atoms with Crippen LogP contribution in [-0.4, -0.2) is 24.0 Å². The predicted molar refractivity (Wildman–Crippen MR) is 125 cm³/mol. The maximum Gasteiger partial charge on any atom is 0.308 e. The molecule has 0 spiro atoms. The molecule has 0 radical (unpaired) electrons. The summed E-state index contributed by atoms with van der Waals surface area (Å²) in [5.41, 5.74) is 4.56. The summed E-state index contributed by atoms with van der Waals surface area (Å²) in [7, 11) is 1.55. The first-order valence-electron chi connectivity index (χ1n) is 10.3. The third kappa shape index (κ3) is 5.32. The van der Waals surface area contributed by atoms with Gasteiger partial charge in [0.05, 0.1) is 24.6 Å². The second kappa shape index (κ2) is 9.22. The van der Waals surface area contributed by atoms with E-state index in [0.29, 0.717) is 22.7 Å². The molecule has 1 aromatic heterocycles. The van der Waals surface area contributed by atoms with Crippen LogP contribution in [0.25, 0.3) is 11.1 Å². The van der Waals surface area contributed by atoms with E-state index in [0.717, 1.165) is 22.4 Å². The first-order chi connectivity index (χ1) is 15.1. The van der Waals surface area contributed by atoms with Crippen LogP contribution in [0.3, 0.4) is 0 Å². The lowest BCUT2D eigenvalue weighted by Gasteiger charge is -2.21. The highest BCUT2D eigenvalue weighted by Gasteiger charge is 2.20. The van der Waals surface area contributed by atoms with Crippen molar-refractivity contribution in [2.75, 3.05) is 12.4 Å². The smallest absolute Gasteiger partial charge is 0.308 e. The molecule has 0 aliphatic carbocycles. The van der Waals surface area contributed by atoms with E-state index in [-0.39, 0.29) is 17.3 Å². The Labute approximate surface area is 188 Å². The second-order valence-electron chi connectivity index (χ2n) is 8.59. The van der Waals surface area contributed by atoms with Gasteiger partial charge in [0.25, 0.3) is 5.91 Å². The molecule has 0 atom stereocenters. The molecule has 0 saturated carbocycles. The number of nitrogens with zero attached hydrogens (tertiary/aromatic N) is 1. The summed E-state index contributed by atoms with van der Waals surface area (Å²) in [6, 6.07) is 14.7. The molecular formula is C26H28N2O4. The zero-order valence-corrected chi connectivity index (χ0v) is 19.3. The van der Waals surface area contributed by atoms with Gasteiger partial charge in [-0.1, -0.05) is 39.0 Å². The number of nitrogens with one attached hydrogen (secondary N) is 1. The summed E-state index contributed by atoms with van der Waals surface area (Å²) in [5.74, 6) is 0.347. The summed E-state index contributed by atoms with van der Waals surface area (Å²) in [4.78, 5) is 28.7. The number of carbonyl (C=O) groups excluding carboxylic acids is 2. The van der Waals surface area contributed by atoms with Crippen molar-refractivity contribution in [3.63, 3.8) is 0 Å². The van der Waals surface area contributed by atoms with Crippen molar-refractivity contribution in [1.82, 2.24) is 4.98 Å². The average Bonchev–Trinajstić information content (AvgIpc) is 2.74. The lowest BCUT2D eigenvalue weighted by Crippen LogP contribution is -2.17. The van der Waals surface area contributed by atoms with E-state index in [2.05, 4.69) is 31.1 Å². The topological polar surface area (TPSA) is 77.5 Å². The molecule has 3 rings (SSSR count). The number of carbonyl (C=O) groups is 2. The lowest BCUT2D eigenvalue weighted by atomic mass is 9.86. The SMILES string of the molecule is COc1ccc(C(C)(C)C)cc1C(=O)Nc1cnc(C)c(-c2ccc(OC(C)=O)cc2)c1. The number of hydrogen-bond acceptors (Lipinski definition) is 5. The zero-order valence-electron chi connectivity index (χ0n) is 19.3. The summed E-state index contributed by atoms with van der Waals surface area (Å²) < 4.78 is 10.5. The Hall–Kier alpha value is -3.67. The number of aryl methyl sites for hydroxylation is 1. The van der Waals surface area contributed by atoms with Gasteiger partial charge in [-0.3, -0.25) is 14.6 Å². The number of methoxy groups -OCH3 is 1. The Morgan fingerprint density at radius 1 is 1.00 bits per heavy atom. The van der Waals surface area contributed by atoms with Crippen LogP contribution >= 0.6 is 0 Å². The molecular weight excluding hydrogens is 404 g/mol. The standard InChI is InChI=1S/C26H28N2O4/c1-16-22(18-7-10-21(11-8-18)32-17(2)29)14-20(15-27-16)28-25(30)23-13-19(26(3,4)5)9-12-24(23)31-6/h7-15H,1-6H3,(H,28,30). The normalized spacial score (nSPS) is 11.1. The molecule has 1 N–H and O–H groups in total. The van der Waals surface area contributed by atoms with E-state index >= 15 is 0 Å². The molecule has 0 aliphatic rings. The number of ether oxygens (including phenoxy) is 2. The summed E-state index contributed by atoms with van der Waals surface area (Å²) in [6.45, 7) is 9.55. The van der Waals surface area contributed by atoms with Crippen LogP contribution in [0.1, 0.15) is 49.3 Å². The van der Waals surface area contributed by atoms with E-state index in [4.69, 9.17) is 9.47 Å². The van der Waals surface area contributed by atoms with E-state index in [1.165, 1.54) is 6.92 Å². The van der Waals surface area contributed by atoms with Gasteiger partial charge in [-0.05, 0) is 53.8 Å². The van der Waals surface area contributed by atoms with E-state index in [1.807, 2.05) is 43.3 Å². The minimum absolute atomic E-state index is 0.0991. The van der Waals surface area contributed by atoms with Crippen molar-refractivity contribution < 1.29 is 19.1 Å². The van der Waals surface area contributed by atoms with Crippen molar-refractivity contribution in [2.45, 2.75) is 40.0 Å². The van der Waals surface area contributed by atoms with Crippen molar-refractivity contribution in [3.05, 3.63) is 71.5 Å². The van der Waals surface area contributed by atoms with Crippen LogP contribution in [0.4, 0.5) is 5.69 Å². The highest BCUT2D eigenvalue weighted by molar-refractivity contribution is 6.06. The fourth-order valence-corrected chi connectivity index (χ4v) is 3.31. The number of benzene rings is 2. The van der Waals surface area contributed by atoms with Crippen LogP contribution in [0.2, 0.25) is 0 Å². The number of hydrogen-bond donors (Lipinski definition) is 1. The molecule has 3 aromatic rings. The van der Waals surface area contributed by atoms with Crippen molar-refractivity contribution in [2.24, 2.45) is 0 Å². The fraction of sp³-hybridized carbons (Fsp3) is 0.269. The molecule has 166 valence electrons. The number of rotatable bonds is 5. The number of aromatic nitrogens is 1. The van der Waals surface area contributed by atoms with Gasteiger partial charge >= 0.3 is 5.97 Å². The Morgan fingerprint density at radius 2 is 1.69 bits per heavy atom. The maximum atomic E-state index is 13.1. The number of amides is 1. The Balaban J connectivity index is 1.89. The monoisotopic (exact) mass is 432 g/mol. The van der Waals surface area contributed by atoms with E-state index in [1.54, 1.807) is 25.4 Å². The second-order valence-corrected chi connectivity index (χ2v) is 8.59. The maximum absolute atomic E-state index is 13.1. The minimum Gasteiger partial charge on any atom is -0.496 e. The third-order valence-electron chi connectivity index (χ3n) is 5.08. The van der Waals surface area contributed by atoms with Gasteiger partial charge in [-0.15, -0.1) is 0 Å². The quantitative estimate of drug-likeness (QED) is 0.423. The average molecular weight is 433 g/mol. The van der Waals surface area contributed by atoms with Gasteiger partial charge in [0, 0.05) is 18.2 Å². The van der Waals surface area contributed by atoms with Gasteiger partial charge in [0.1, 0.15) is 11.5 Å². The molecule has 1 heterocycles. The van der Waals surface area contributed by atoms with E-state index in [9.17, 15) is 9.59 Å². The molecule has 0 unspecified atom stereocenters. The van der Waals surface area contributed by atoms with Crippen LogP contribution in [0.5, 0.6) is 11.5 Å². The van der Waals surface area contributed by atoms with Crippen molar-refractivity contribution in [3.8, 4) is 22.6 Å². The molecule has 0 bridgehead atoms. The summed E-state index contributed by atoms with van der Waals surface area (Å²) in [5, 5.41) is 2.94. The minimum atomic E-state index is -0.369. The molecule has 0 fully saturated rings. The zero-order chi connectivity index (χ0) is 23.5. The highest BCUT2D eigenvalue weighted by Crippen LogP contribution is 2.30. The molecule has 32 heavy (non-hydrogen) atoms. The van der Waals surface area contributed by atoms with Crippen LogP contribution in [-0.2, 0) is 10.2 Å². The number of anilines is 1. The van der Waals surface area contributed by atoms with E-state index < -0.39 is 0 Å². The van der Waals surface area contributed by atoms with Gasteiger partial charge in [0.2, 0.25) is 0 Å². The molecule has 6 heteroatoms. The number of esters is 1. The molecule has 6 nitrogen and oxygen atoms in total. The third-order valence-corrected chi connectivity index (χ3v) is 5.08. The van der Waals surface area contributed by atoms with Crippen molar-refractivity contribution in [1.29, 1.82) is 0 Å². The molecule has 0 aliphatic heterocycles. The summed E-state index contributed by atoms with van der Waals surface area (Å²) >= 11 is 0. The van der Waals surface area contributed by atoms with Gasteiger partial charge in [-0.25, -0.2) is 0 Å². The Bertz CT molecular complexity index is 1150. The molecule has 2 aromatic carbocycles. The van der Waals surface area contributed by atoms with Crippen LogP contribution in [0.15, 0.2) is 54.7 Å². The molecule has 1 amide bonds. The van der Waals surface area contributed by atoms with Gasteiger partial charge < -0.3 is 14.8 Å². The first kappa shape index (κ1) is 23.0. The van der Waals surface area contributed by atoms with Crippen LogP contribution in [0, 0.1) is 6.92 Å². The summed E-state index contributed by atoms with van der Waals surface area (Å²) in [6.07, 6.45) is 1.63. The Morgan fingerprint density at radius 3 is 2.28 bits per heavy atom. The number of pyridine rings is 1. The lowest BCUT2D eigenvalue weighted by molar-refractivity contribution is -0.131. The van der Waals surface area contributed by atoms with Crippen molar-refractivity contribution >= 4 is 17.6 Å². The highest BCUT2D eigenvalue weighted by atomic mass is 16.5. The van der Waals surface area contributed by atoms with Gasteiger partial charge in [-0.2, -0.15) is 0 Å². The first-order valence-corrected chi connectivity index (χ1v) is 10.3. The molecule has 0 saturated heterocycles. The largest absolute Gasteiger partial charge is 0.496 e. The Kier molecular flexibility index (Phi) is 6.63.